The van der Waals surface area contributed by atoms with Gasteiger partial charge in [-0.05, 0) is 50.5 Å². The Morgan fingerprint density at radius 3 is 2.45 bits per heavy atom. The van der Waals surface area contributed by atoms with E-state index in [2.05, 4.69) is 5.32 Å². The van der Waals surface area contributed by atoms with Gasteiger partial charge in [-0.1, -0.05) is 30.2 Å². The molecule has 1 aromatic heterocycles. The number of aryl methyl sites for hydroxylation is 2. The Morgan fingerprint density at radius 2 is 1.95 bits per heavy atom. The second-order valence-corrected chi connectivity index (χ2v) is 6.50. The maximum Gasteiger partial charge on any atom is 0.230 e. The summed E-state index contributed by atoms with van der Waals surface area (Å²) in [6.45, 7) is 4.35. The molecule has 1 fully saturated rings. The van der Waals surface area contributed by atoms with Crippen LogP contribution in [0.1, 0.15) is 41.9 Å². The van der Waals surface area contributed by atoms with Gasteiger partial charge in [0, 0.05) is 17.1 Å². The molecule has 1 saturated carbocycles. The second-order valence-electron chi connectivity index (χ2n) is 6.06. The van der Waals surface area contributed by atoms with E-state index in [-0.39, 0.29) is 5.91 Å². The van der Waals surface area contributed by atoms with Crippen molar-refractivity contribution in [2.24, 2.45) is 0 Å². The number of rotatable bonds is 4. The normalized spacial score (nSPS) is 16.1. The zero-order valence-electron chi connectivity index (χ0n) is 12.9. The maximum atomic E-state index is 12.7. The summed E-state index contributed by atoms with van der Waals surface area (Å²) in [6.07, 6.45) is 2.87. The minimum absolute atomic E-state index is 0.0966. The van der Waals surface area contributed by atoms with Gasteiger partial charge in [0.2, 0.25) is 5.91 Å². The van der Waals surface area contributed by atoms with E-state index in [0.717, 1.165) is 41.9 Å². The van der Waals surface area contributed by atoms with Crippen LogP contribution in [0.15, 0.2) is 34.7 Å². The van der Waals surface area contributed by atoms with Crippen molar-refractivity contribution in [1.82, 2.24) is 5.32 Å². The predicted octanol–water partition coefficient (Wildman–Crippen LogP) is 4.29. The number of benzene rings is 1. The van der Waals surface area contributed by atoms with Crippen molar-refractivity contribution in [1.29, 1.82) is 0 Å². The standard InChI is InChI=1S/C18H20ClNO2/c1-12-10-14(13(2)22-12)11-20-17(21)18(8-3-9-18)15-4-6-16(19)7-5-15/h4-7,10H,3,8-9,11H2,1-2H3,(H,20,21). The smallest absolute Gasteiger partial charge is 0.230 e. The number of carbonyl (C=O) groups excluding carboxylic acids is 1. The lowest BCUT2D eigenvalue weighted by Gasteiger charge is -2.40. The molecule has 1 aliphatic carbocycles. The summed E-state index contributed by atoms with van der Waals surface area (Å²) in [4.78, 5) is 12.7. The topological polar surface area (TPSA) is 42.2 Å². The third-order valence-electron chi connectivity index (χ3n) is 4.62. The Morgan fingerprint density at radius 1 is 1.27 bits per heavy atom. The highest BCUT2D eigenvalue weighted by atomic mass is 35.5. The largest absolute Gasteiger partial charge is 0.466 e. The van der Waals surface area contributed by atoms with Gasteiger partial charge < -0.3 is 9.73 Å². The van der Waals surface area contributed by atoms with E-state index < -0.39 is 5.41 Å². The summed E-state index contributed by atoms with van der Waals surface area (Å²) in [6, 6.07) is 9.62. The molecule has 0 atom stereocenters. The molecule has 1 aromatic carbocycles. The van der Waals surface area contributed by atoms with Gasteiger partial charge in [-0.15, -0.1) is 0 Å². The highest BCUT2D eigenvalue weighted by molar-refractivity contribution is 6.30. The van der Waals surface area contributed by atoms with Crippen molar-refractivity contribution in [3.8, 4) is 0 Å². The molecule has 116 valence electrons. The summed E-state index contributed by atoms with van der Waals surface area (Å²) in [5, 5.41) is 3.77. The van der Waals surface area contributed by atoms with Gasteiger partial charge in [-0.25, -0.2) is 0 Å². The number of furan rings is 1. The molecule has 2 aromatic rings. The fraction of sp³-hybridized carbons (Fsp3) is 0.389. The number of hydrogen-bond acceptors (Lipinski definition) is 2. The number of hydrogen-bond donors (Lipinski definition) is 1. The number of nitrogens with one attached hydrogen (secondary N) is 1. The third kappa shape index (κ3) is 2.66. The molecule has 0 bridgehead atoms. The van der Waals surface area contributed by atoms with Crippen LogP contribution in [0.3, 0.4) is 0 Å². The van der Waals surface area contributed by atoms with Crippen LogP contribution in [-0.2, 0) is 16.8 Å². The molecule has 22 heavy (non-hydrogen) atoms. The molecule has 0 radical (unpaired) electrons. The highest BCUT2D eigenvalue weighted by Gasteiger charge is 2.45. The summed E-state index contributed by atoms with van der Waals surface area (Å²) >= 11 is 5.95. The molecule has 1 aliphatic rings. The maximum absolute atomic E-state index is 12.7. The Hall–Kier alpha value is -1.74. The SMILES string of the molecule is Cc1cc(CNC(=O)C2(c3ccc(Cl)cc3)CCC2)c(C)o1. The van der Waals surface area contributed by atoms with E-state index in [1.807, 2.05) is 44.2 Å². The summed E-state index contributed by atoms with van der Waals surface area (Å²) in [5.74, 6) is 1.84. The highest BCUT2D eigenvalue weighted by Crippen LogP contribution is 2.44. The molecule has 4 heteroatoms. The average Bonchev–Trinajstić information content (AvgIpc) is 2.75. The van der Waals surface area contributed by atoms with Crippen LogP contribution in [0.5, 0.6) is 0 Å². The average molecular weight is 318 g/mol. The van der Waals surface area contributed by atoms with E-state index in [1.54, 1.807) is 0 Å². The number of carbonyl (C=O) groups is 1. The molecule has 0 spiro atoms. The number of halogens is 1. The van der Waals surface area contributed by atoms with Crippen molar-refractivity contribution in [3.05, 3.63) is 58.0 Å². The van der Waals surface area contributed by atoms with Gasteiger partial charge in [0.1, 0.15) is 11.5 Å². The Labute approximate surface area is 135 Å². The van der Waals surface area contributed by atoms with Crippen molar-refractivity contribution < 1.29 is 9.21 Å². The first-order valence-electron chi connectivity index (χ1n) is 7.61. The summed E-state index contributed by atoms with van der Waals surface area (Å²) in [5.41, 5.74) is 1.70. The zero-order valence-corrected chi connectivity index (χ0v) is 13.7. The van der Waals surface area contributed by atoms with Crippen molar-refractivity contribution in [2.75, 3.05) is 0 Å². The summed E-state index contributed by atoms with van der Waals surface area (Å²) in [7, 11) is 0. The van der Waals surface area contributed by atoms with Crippen LogP contribution in [0, 0.1) is 13.8 Å². The van der Waals surface area contributed by atoms with Crippen molar-refractivity contribution in [3.63, 3.8) is 0 Å². The van der Waals surface area contributed by atoms with E-state index in [9.17, 15) is 4.79 Å². The molecule has 3 nitrogen and oxygen atoms in total. The molecular weight excluding hydrogens is 298 g/mol. The lowest BCUT2D eigenvalue weighted by molar-refractivity contribution is -0.130. The van der Waals surface area contributed by atoms with Crippen LogP contribution in [0.4, 0.5) is 0 Å². The minimum atomic E-state index is -0.392. The molecule has 0 unspecified atom stereocenters. The van der Waals surface area contributed by atoms with Gasteiger partial charge in [0.05, 0.1) is 5.41 Å². The molecule has 0 saturated heterocycles. The number of amides is 1. The van der Waals surface area contributed by atoms with E-state index >= 15 is 0 Å². The fourth-order valence-corrected chi connectivity index (χ4v) is 3.28. The van der Waals surface area contributed by atoms with Crippen LogP contribution in [-0.4, -0.2) is 5.91 Å². The van der Waals surface area contributed by atoms with E-state index in [1.165, 1.54) is 0 Å². The third-order valence-corrected chi connectivity index (χ3v) is 4.87. The Bertz CT molecular complexity index is 684. The van der Waals surface area contributed by atoms with E-state index in [4.69, 9.17) is 16.0 Å². The lowest BCUT2D eigenvalue weighted by Crippen LogP contribution is -2.49. The predicted molar refractivity (Wildman–Crippen MR) is 87.0 cm³/mol. The first-order chi connectivity index (χ1) is 10.5. The first-order valence-corrected chi connectivity index (χ1v) is 7.99. The van der Waals surface area contributed by atoms with E-state index in [0.29, 0.717) is 11.6 Å². The van der Waals surface area contributed by atoms with Crippen molar-refractivity contribution >= 4 is 17.5 Å². The monoisotopic (exact) mass is 317 g/mol. The minimum Gasteiger partial charge on any atom is -0.466 e. The van der Waals surface area contributed by atoms with Crippen LogP contribution in [0.25, 0.3) is 0 Å². The molecule has 3 rings (SSSR count). The second kappa shape index (κ2) is 5.81. The lowest BCUT2D eigenvalue weighted by atomic mass is 9.64. The summed E-state index contributed by atoms with van der Waals surface area (Å²) < 4.78 is 5.50. The van der Waals surface area contributed by atoms with Gasteiger partial charge in [-0.3, -0.25) is 4.79 Å². The van der Waals surface area contributed by atoms with Crippen LogP contribution in [0.2, 0.25) is 5.02 Å². The van der Waals surface area contributed by atoms with Gasteiger partial charge in [-0.2, -0.15) is 0 Å². The molecule has 1 N–H and O–H groups in total. The fourth-order valence-electron chi connectivity index (χ4n) is 3.15. The zero-order chi connectivity index (χ0) is 15.7. The molecule has 0 aliphatic heterocycles. The Kier molecular flexibility index (Phi) is 4.00. The van der Waals surface area contributed by atoms with Gasteiger partial charge in [0.15, 0.2) is 0 Å². The van der Waals surface area contributed by atoms with Crippen LogP contribution < -0.4 is 5.32 Å². The molecule has 1 heterocycles. The molecule has 1 amide bonds. The van der Waals surface area contributed by atoms with Gasteiger partial charge in [0.25, 0.3) is 0 Å². The quantitative estimate of drug-likeness (QED) is 0.914. The molecular formula is C18H20ClNO2. The van der Waals surface area contributed by atoms with Crippen molar-refractivity contribution in [2.45, 2.75) is 45.1 Å². The van der Waals surface area contributed by atoms with Gasteiger partial charge >= 0.3 is 0 Å². The first kappa shape index (κ1) is 15.2. The van der Waals surface area contributed by atoms with Crippen LogP contribution >= 0.6 is 11.6 Å². The Balaban J connectivity index is 1.74.